The van der Waals surface area contributed by atoms with E-state index in [1.54, 1.807) is 5.38 Å². The molecule has 0 unspecified atom stereocenters. The number of amides is 2. The van der Waals surface area contributed by atoms with Crippen molar-refractivity contribution >= 4 is 34.8 Å². The summed E-state index contributed by atoms with van der Waals surface area (Å²) in [7, 11) is 0. The summed E-state index contributed by atoms with van der Waals surface area (Å²) in [5, 5.41) is 1.95. The highest BCUT2D eigenvalue weighted by atomic mass is 35.5. The lowest BCUT2D eigenvalue weighted by molar-refractivity contribution is -0.119. The van der Waals surface area contributed by atoms with E-state index in [-0.39, 0.29) is 10.9 Å². The number of carbonyl (C=O) groups excluding carboxylic acids is 2. The maximum Gasteiger partial charge on any atom is 0.298 e. The minimum absolute atomic E-state index is 0.196. The van der Waals surface area contributed by atoms with E-state index in [4.69, 9.17) is 11.6 Å². The number of rotatable bonds is 2. The van der Waals surface area contributed by atoms with Crippen molar-refractivity contribution in [2.24, 2.45) is 0 Å². The zero-order chi connectivity index (χ0) is 9.68. The lowest BCUT2D eigenvalue weighted by Crippen LogP contribution is -2.42. The standard InChI is InChI=1S/C6H6ClN3O2S/c7-3-4(11)9-10-5(12)6-8-1-2-13-6/h1-2H,3H2,(H,9,11)(H,10,12). The third-order valence-corrected chi connectivity index (χ3v) is 2.08. The summed E-state index contributed by atoms with van der Waals surface area (Å²) in [6, 6.07) is 0. The van der Waals surface area contributed by atoms with Crippen molar-refractivity contribution in [3.63, 3.8) is 0 Å². The van der Waals surface area contributed by atoms with E-state index in [2.05, 4.69) is 15.8 Å². The van der Waals surface area contributed by atoms with Gasteiger partial charge in [-0.25, -0.2) is 4.98 Å². The number of hydrogen-bond donors (Lipinski definition) is 2. The molecule has 1 rings (SSSR count). The second-order valence-corrected chi connectivity index (χ2v) is 3.14. The first-order valence-electron chi connectivity index (χ1n) is 3.28. The number of halogens is 1. The molecule has 0 radical (unpaired) electrons. The van der Waals surface area contributed by atoms with Crippen molar-refractivity contribution in [3.8, 4) is 0 Å². The summed E-state index contributed by atoms with van der Waals surface area (Å²) < 4.78 is 0. The average Bonchev–Trinajstić information content (AvgIpc) is 2.66. The van der Waals surface area contributed by atoms with Gasteiger partial charge in [0.2, 0.25) is 0 Å². The number of hydrogen-bond acceptors (Lipinski definition) is 4. The van der Waals surface area contributed by atoms with Gasteiger partial charge in [0.05, 0.1) is 0 Å². The lowest BCUT2D eigenvalue weighted by atomic mass is 10.6. The number of nitrogens with one attached hydrogen (secondary N) is 2. The van der Waals surface area contributed by atoms with E-state index in [0.29, 0.717) is 0 Å². The number of alkyl halides is 1. The van der Waals surface area contributed by atoms with Gasteiger partial charge in [-0.15, -0.1) is 22.9 Å². The summed E-state index contributed by atoms with van der Waals surface area (Å²) in [5.41, 5.74) is 4.28. The molecule has 0 fully saturated rings. The number of hydrazine groups is 1. The molecular formula is C6H6ClN3O2S. The van der Waals surface area contributed by atoms with E-state index < -0.39 is 11.8 Å². The summed E-state index contributed by atoms with van der Waals surface area (Å²) in [6.07, 6.45) is 1.50. The molecule has 0 aliphatic rings. The smallest absolute Gasteiger partial charge is 0.272 e. The van der Waals surface area contributed by atoms with Crippen molar-refractivity contribution in [2.45, 2.75) is 0 Å². The van der Waals surface area contributed by atoms with Crippen LogP contribution in [0.4, 0.5) is 0 Å². The van der Waals surface area contributed by atoms with Gasteiger partial charge in [-0.05, 0) is 0 Å². The average molecular weight is 220 g/mol. The van der Waals surface area contributed by atoms with Gasteiger partial charge >= 0.3 is 0 Å². The van der Waals surface area contributed by atoms with E-state index in [9.17, 15) is 9.59 Å². The highest BCUT2D eigenvalue weighted by molar-refractivity contribution is 7.11. The molecule has 0 saturated heterocycles. The van der Waals surface area contributed by atoms with Crippen molar-refractivity contribution < 1.29 is 9.59 Å². The topological polar surface area (TPSA) is 71.1 Å². The number of nitrogens with zero attached hydrogens (tertiary/aromatic N) is 1. The van der Waals surface area contributed by atoms with Crippen LogP contribution in [-0.4, -0.2) is 22.7 Å². The number of aromatic nitrogens is 1. The van der Waals surface area contributed by atoms with E-state index in [1.165, 1.54) is 17.5 Å². The monoisotopic (exact) mass is 219 g/mol. The van der Waals surface area contributed by atoms with Crippen LogP contribution in [0.3, 0.4) is 0 Å². The molecule has 1 aromatic rings. The molecule has 2 N–H and O–H groups in total. The SMILES string of the molecule is O=C(CCl)NNC(=O)c1nccs1. The summed E-state index contributed by atoms with van der Waals surface area (Å²) in [5.74, 6) is -1.11. The van der Waals surface area contributed by atoms with Crippen LogP contribution in [0.2, 0.25) is 0 Å². The molecule has 2 amide bonds. The van der Waals surface area contributed by atoms with Gasteiger partial charge in [-0.2, -0.15) is 0 Å². The Balaban J connectivity index is 2.39. The highest BCUT2D eigenvalue weighted by Gasteiger charge is 2.08. The third-order valence-electron chi connectivity index (χ3n) is 1.06. The Morgan fingerprint density at radius 2 is 2.31 bits per heavy atom. The van der Waals surface area contributed by atoms with Crippen LogP contribution in [-0.2, 0) is 4.79 Å². The van der Waals surface area contributed by atoms with Crippen LogP contribution < -0.4 is 10.9 Å². The van der Waals surface area contributed by atoms with Crippen molar-refractivity contribution in [1.29, 1.82) is 0 Å². The first-order valence-corrected chi connectivity index (χ1v) is 4.70. The van der Waals surface area contributed by atoms with Crippen molar-refractivity contribution in [2.75, 3.05) is 5.88 Å². The maximum absolute atomic E-state index is 11.1. The molecule has 0 spiro atoms. The van der Waals surface area contributed by atoms with Gasteiger partial charge < -0.3 is 0 Å². The molecular weight excluding hydrogens is 214 g/mol. The van der Waals surface area contributed by atoms with Crippen LogP contribution in [0.25, 0.3) is 0 Å². The van der Waals surface area contributed by atoms with Gasteiger partial charge in [0.15, 0.2) is 5.01 Å². The summed E-state index contributed by atoms with van der Waals surface area (Å²) >= 11 is 6.37. The lowest BCUT2D eigenvalue weighted by Gasteiger charge is -2.02. The van der Waals surface area contributed by atoms with Gasteiger partial charge in [0.1, 0.15) is 5.88 Å². The van der Waals surface area contributed by atoms with Crippen molar-refractivity contribution in [1.82, 2.24) is 15.8 Å². The van der Waals surface area contributed by atoms with Crippen LogP contribution >= 0.6 is 22.9 Å². The molecule has 1 aromatic heterocycles. The summed E-state index contributed by atoms with van der Waals surface area (Å²) in [6.45, 7) is 0. The first kappa shape index (κ1) is 9.94. The Morgan fingerprint density at radius 3 is 2.85 bits per heavy atom. The van der Waals surface area contributed by atoms with Gasteiger partial charge in [-0.3, -0.25) is 20.4 Å². The Hall–Kier alpha value is -1.14. The fourth-order valence-electron chi connectivity index (χ4n) is 0.549. The molecule has 0 saturated carbocycles. The molecule has 0 aliphatic heterocycles. The van der Waals surface area contributed by atoms with E-state index >= 15 is 0 Å². The molecule has 0 bridgehead atoms. The molecule has 13 heavy (non-hydrogen) atoms. The molecule has 5 nitrogen and oxygen atoms in total. The van der Waals surface area contributed by atoms with Gasteiger partial charge in [-0.1, -0.05) is 0 Å². The third kappa shape index (κ3) is 3.00. The second-order valence-electron chi connectivity index (χ2n) is 1.97. The zero-order valence-corrected chi connectivity index (χ0v) is 7.98. The second kappa shape index (κ2) is 4.78. The Labute approximate surface area is 83.1 Å². The van der Waals surface area contributed by atoms with Crippen LogP contribution in [0.1, 0.15) is 9.80 Å². The first-order chi connectivity index (χ1) is 6.24. The molecule has 0 aliphatic carbocycles. The maximum atomic E-state index is 11.1. The largest absolute Gasteiger partial charge is 0.298 e. The van der Waals surface area contributed by atoms with Crippen LogP contribution in [0, 0.1) is 0 Å². The van der Waals surface area contributed by atoms with Gasteiger partial charge in [0.25, 0.3) is 11.8 Å². The fraction of sp³-hybridized carbons (Fsp3) is 0.167. The number of thiazole rings is 1. The minimum Gasteiger partial charge on any atom is -0.272 e. The molecule has 1 heterocycles. The number of carbonyl (C=O) groups is 2. The highest BCUT2D eigenvalue weighted by Crippen LogP contribution is 2.01. The predicted octanol–water partition coefficient (Wildman–Crippen LogP) is 0.143. The van der Waals surface area contributed by atoms with E-state index in [0.717, 1.165) is 0 Å². The normalized spacial score (nSPS) is 9.31. The Morgan fingerprint density at radius 1 is 1.54 bits per heavy atom. The molecule has 70 valence electrons. The molecule has 0 aromatic carbocycles. The van der Waals surface area contributed by atoms with Crippen molar-refractivity contribution in [3.05, 3.63) is 16.6 Å². The predicted molar refractivity (Wildman–Crippen MR) is 48.4 cm³/mol. The quantitative estimate of drug-likeness (QED) is 0.549. The van der Waals surface area contributed by atoms with Crippen LogP contribution in [0.15, 0.2) is 11.6 Å². The summed E-state index contributed by atoms with van der Waals surface area (Å²) in [4.78, 5) is 25.5. The zero-order valence-electron chi connectivity index (χ0n) is 6.41. The van der Waals surface area contributed by atoms with E-state index in [1.807, 2.05) is 0 Å². The fourth-order valence-corrected chi connectivity index (χ4v) is 1.15. The van der Waals surface area contributed by atoms with Gasteiger partial charge in [0, 0.05) is 11.6 Å². The Kier molecular flexibility index (Phi) is 3.66. The molecule has 0 atom stereocenters. The molecule has 7 heteroatoms. The minimum atomic E-state index is -0.466. The Bertz CT molecular complexity index is 301. The van der Waals surface area contributed by atoms with Crippen LogP contribution in [0.5, 0.6) is 0 Å².